The Morgan fingerprint density at radius 2 is 2.06 bits per heavy atom. The Labute approximate surface area is 102 Å². The molecule has 1 saturated heterocycles. The van der Waals surface area contributed by atoms with E-state index < -0.39 is 28.6 Å². The van der Waals surface area contributed by atoms with Crippen molar-refractivity contribution in [1.82, 2.24) is 0 Å². The van der Waals surface area contributed by atoms with Gasteiger partial charge in [0.15, 0.2) is 0 Å². The van der Waals surface area contributed by atoms with Crippen molar-refractivity contribution in [1.29, 1.82) is 0 Å². The zero-order valence-corrected chi connectivity index (χ0v) is 10.2. The van der Waals surface area contributed by atoms with E-state index >= 15 is 0 Å². The van der Waals surface area contributed by atoms with E-state index in [2.05, 4.69) is 4.84 Å². The number of nitrogens with zero attached hydrogens (tertiary/aromatic N) is 1. The summed E-state index contributed by atoms with van der Waals surface area (Å²) in [5.41, 5.74) is 5.50. The summed E-state index contributed by atoms with van der Waals surface area (Å²) < 4.78 is 0. The summed E-state index contributed by atoms with van der Waals surface area (Å²) >= 11 is 1.50. The third-order valence-corrected chi connectivity index (χ3v) is 3.03. The van der Waals surface area contributed by atoms with Gasteiger partial charge in [0.25, 0.3) is 0 Å². The minimum atomic E-state index is -1.90. The number of carbonyl (C=O) groups excluding carboxylic acids is 3. The molecule has 0 aliphatic carbocycles. The van der Waals surface area contributed by atoms with Gasteiger partial charge in [-0.3, -0.25) is 0 Å². The summed E-state index contributed by atoms with van der Waals surface area (Å²) in [6, 6.07) is -0.953. The van der Waals surface area contributed by atoms with E-state index in [1.807, 2.05) is 6.26 Å². The average molecular weight is 263 g/mol. The zero-order valence-electron chi connectivity index (χ0n) is 9.42. The Kier molecular flexibility index (Phi) is 4.63. The lowest BCUT2D eigenvalue weighted by Gasteiger charge is -2.17. The second-order valence-electron chi connectivity index (χ2n) is 3.66. The van der Waals surface area contributed by atoms with Gasteiger partial charge >= 0.3 is 17.8 Å². The Morgan fingerprint density at radius 3 is 2.53 bits per heavy atom. The molecule has 96 valence electrons. The standard InChI is InChI=1S/C9H15N2O5S/c1-17-5-4-6(10)9(14)16-11(15)7(12)2-3-8(11)13/h6,15H,2-5,10H2,1H3/q+1/t6-/m0/s1. The van der Waals surface area contributed by atoms with Crippen molar-refractivity contribution < 1.29 is 29.2 Å². The maximum Gasteiger partial charge on any atom is 0.397 e. The lowest BCUT2D eigenvalue weighted by atomic mass is 10.2. The van der Waals surface area contributed by atoms with Crippen LogP contribution in [0.25, 0.3) is 0 Å². The highest BCUT2D eigenvalue weighted by molar-refractivity contribution is 7.98. The van der Waals surface area contributed by atoms with Crippen molar-refractivity contribution in [3.05, 3.63) is 0 Å². The molecule has 1 aliphatic heterocycles. The molecule has 0 unspecified atom stereocenters. The first-order valence-electron chi connectivity index (χ1n) is 5.08. The first-order valence-corrected chi connectivity index (χ1v) is 6.47. The molecule has 1 rings (SSSR count). The fourth-order valence-corrected chi connectivity index (χ4v) is 1.81. The molecule has 2 amide bonds. The summed E-state index contributed by atoms with van der Waals surface area (Å²) in [5, 5.41) is 9.61. The molecule has 0 bridgehead atoms. The Morgan fingerprint density at radius 1 is 1.53 bits per heavy atom. The van der Waals surface area contributed by atoms with Gasteiger partial charge in [-0.05, 0) is 18.4 Å². The normalized spacial score (nSPS) is 20.4. The molecule has 0 aromatic carbocycles. The fraction of sp³-hybridized carbons (Fsp3) is 0.667. The number of thioether (sulfide) groups is 1. The molecule has 0 saturated carbocycles. The average Bonchev–Trinajstić information content (AvgIpc) is 2.54. The third-order valence-electron chi connectivity index (χ3n) is 2.39. The van der Waals surface area contributed by atoms with Gasteiger partial charge in [-0.1, -0.05) is 0 Å². The van der Waals surface area contributed by atoms with Gasteiger partial charge in [-0.2, -0.15) is 17.0 Å². The van der Waals surface area contributed by atoms with E-state index in [0.717, 1.165) is 0 Å². The molecule has 1 heterocycles. The van der Waals surface area contributed by atoms with E-state index in [4.69, 9.17) is 5.73 Å². The van der Waals surface area contributed by atoms with E-state index in [9.17, 15) is 19.6 Å². The van der Waals surface area contributed by atoms with Crippen molar-refractivity contribution >= 4 is 29.5 Å². The van der Waals surface area contributed by atoms with E-state index in [1.165, 1.54) is 11.8 Å². The molecule has 0 radical (unpaired) electrons. The van der Waals surface area contributed by atoms with Crippen LogP contribution in [-0.4, -0.2) is 45.9 Å². The molecule has 7 nitrogen and oxygen atoms in total. The minimum absolute atomic E-state index is 0.136. The largest absolute Gasteiger partial charge is 0.397 e. The van der Waals surface area contributed by atoms with Crippen LogP contribution in [0.5, 0.6) is 0 Å². The summed E-state index contributed by atoms with van der Waals surface area (Å²) in [7, 11) is 0. The maximum absolute atomic E-state index is 11.5. The number of hydroxylamine groups is 4. The van der Waals surface area contributed by atoms with Gasteiger partial charge in [-0.15, -0.1) is 0 Å². The highest BCUT2D eigenvalue weighted by Gasteiger charge is 2.55. The summed E-state index contributed by atoms with van der Waals surface area (Å²) in [5.74, 6) is -2.00. The van der Waals surface area contributed by atoms with Crippen LogP contribution in [0.4, 0.5) is 0 Å². The number of rotatable bonds is 5. The van der Waals surface area contributed by atoms with Crippen LogP contribution in [0, 0.1) is 0 Å². The number of amides is 2. The van der Waals surface area contributed by atoms with Crippen LogP contribution in [0.3, 0.4) is 0 Å². The fourth-order valence-electron chi connectivity index (χ4n) is 1.32. The molecule has 8 heteroatoms. The number of nitrogens with two attached hydrogens (primary N) is 1. The topological polar surface area (TPSA) is 107 Å². The number of quaternary nitrogens is 1. The number of carbonyl (C=O) groups is 3. The van der Waals surface area contributed by atoms with Crippen molar-refractivity contribution in [3.8, 4) is 0 Å². The maximum atomic E-state index is 11.5. The Hall–Kier alpha value is -0.960. The Bertz CT molecular complexity index is 330. The molecule has 0 aromatic rings. The number of hydrogen-bond donors (Lipinski definition) is 2. The quantitative estimate of drug-likeness (QED) is 0.394. The molecular weight excluding hydrogens is 248 g/mol. The van der Waals surface area contributed by atoms with Gasteiger partial charge in [0.2, 0.25) is 0 Å². The second-order valence-corrected chi connectivity index (χ2v) is 4.65. The zero-order chi connectivity index (χ0) is 13.1. The lowest BCUT2D eigenvalue weighted by Crippen LogP contribution is -2.53. The van der Waals surface area contributed by atoms with Crippen LogP contribution in [0.2, 0.25) is 0 Å². The molecule has 1 atom stereocenters. The van der Waals surface area contributed by atoms with Gasteiger partial charge in [-0.25, -0.2) is 19.2 Å². The SMILES string of the molecule is CSCC[C@H](N)C(=O)O[N+]1(O)C(=O)CCC1=O. The van der Waals surface area contributed by atoms with Gasteiger partial charge in [0.05, 0.1) is 12.8 Å². The monoisotopic (exact) mass is 263 g/mol. The van der Waals surface area contributed by atoms with Crippen LogP contribution in [-0.2, 0) is 19.2 Å². The van der Waals surface area contributed by atoms with Gasteiger partial charge in [0.1, 0.15) is 10.9 Å². The lowest BCUT2D eigenvalue weighted by molar-refractivity contribution is -1.12. The Balaban J connectivity index is 2.61. The minimum Gasteiger partial charge on any atom is -0.318 e. The van der Waals surface area contributed by atoms with Crippen molar-refractivity contribution in [2.75, 3.05) is 12.0 Å². The number of imide groups is 1. The summed E-state index contributed by atoms with van der Waals surface area (Å²) in [4.78, 5) is 36.6. The van der Waals surface area contributed by atoms with Crippen LogP contribution >= 0.6 is 11.8 Å². The van der Waals surface area contributed by atoms with Crippen molar-refractivity contribution in [3.63, 3.8) is 0 Å². The number of hydrogen-bond acceptors (Lipinski definition) is 7. The highest BCUT2D eigenvalue weighted by atomic mass is 32.2. The summed E-state index contributed by atoms with van der Waals surface area (Å²) in [6.07, 6.45) is 1.93. The van der Waals surface area contributed by atoms with E-state index in [-0.39, 0.29) is 12.8 Å². The predicted molar refractivity (Wildman–Crippen MR) is 58.4 cm³/mol. The van der Waals surface area contributed by atoms with E-state index in [1.54, 1.807) is 0 Å². The van der Waals surface area contributed by atoms with Gasteiger partial charge in [0, 0.05) is 0 Å². The molecule has 0 spiro atoms. The molecule has 1 fully saturated rings. The molecule has 1 aliphatic rings. The first kappa shape index (κ1) is 14.1. The molecule has 17 heavy (non-hydrogen) atoms. The second kappa shape index (κ2) is 5.58. The predicted octanol–water partition coefficient (Wildman–Crippen LogP) is -0.422. The van der Waals surface area contributed by atoms with Crippen LogP contribution < -0.4 is 5.73 Å². The van der Waals surface area contributed by atoms with E-state index in [0.29, 0.717) is 12.2 Å². The molecule has 3 N–H and O–H groups in total. The van der Waals surface area contributed by atoms with Crippen molar-refractivity contribution in [2.45, 2.75) is 25.3 Å². The molecular formula is C9H15N2O5S+. The summed E-state index contributed by atoms with van der Waals surface area (Å²) in [6.45, 7) is 0. The first-order chi connectivity index (χ1) is 7.91. The third kappa shape index (κ3) is 3.03. The smallest absolute Gasteiger partial charge is 0.318 e. The van der Waals surface area contributed by atoms with Gasteiger partial charge < -0.3 is 5.73 Å². The highest BCUT2D eigenvalue weighted by Crippen LogP contribution is 2.21. The molecule has 0 aromatic heterocycles. The van der Waals surface area contributed by atoms with Crippen molar-refractivity contribution in [2.24, 2.45) is 5.73 Å². The van der Waals surface area contributed by atoms with Crippen LogP contribution in [0.15, 0.2) is 0 Å². The van der Waals surface area contributed by atoms with Crippen LogP contribution in [0.1, 0.15) is 19.3 Å².